The maximum atomic E-state index is 13.2. The van der Waals surface area contributed by atoms with Gasteiger partial charge in [-0.2, -0.15) is 0 Å². The van der Waals surface area contributed by atoms with E-state index in [9.17, 15) is 4.39 Å². The summed E-state index contributed by atoms with van der Waals surface area (Å²) in [5.41, 5.74) is 8.05. The lowest BCUT2D eigenvalue weighted by Gasteiger charge is -2.42. The van der Waals surface area contributed by atoms with Crippen molar-refractivity contribution >= 4 is 0 Å². The van der Waals surface area contributed by atoms with Gasteiger partial charge in [-0.1, -0.05) is 12.5 Å². The second kappa shape index (κ2) is 4.52. The number of halogens is 1. The highest BCUT2D eigenvalue weighted by molar-refractivity contribution is 5.36. The molecule has 0 spiro atoms. The molecule has 2 rings (SSSR count). The molecule has 0 atom stereocenters. The second-order valence-corrected chi connectivity index (χ2v) is 4.57. The van der Waals surface area contributed by atoms with Gasteiger partial charge in [0.2, 0.25) is 0 Å². The van der Waals surface area contributed by atoms with Crippen LogP contribution < -0.4 is 5.73 Å². The number of hydrogen-bond donors (Lipinski definition) is 1. The molecule has 1 aliphatic carbocycles. The summed E-state index contributed by atoms with van der Waals surface area (Å²) in [4.78, 5) is 0. The highest BCUT2D eigenvalue weighted by Crippen LogP contribution is 2.44. The van der Waals surface area contributed by atoms with Crippen molar-refractivity contribution in [3.8, 4) is 0 Å². The van der Waals surface area contributed by atoms with Crippen LogP contribution in [0.15, 0.2) is 18.2 Å². The molecule has 3 heteroatoms. The molecule has 1 saturated carbocycles. The second-order valence-electron chi connectivity index (χ2n) is 4.57. The van der Waals surface area contributed by atoms with Gasteiger partial charge < -0.3 is 10.5 Å². The first kappa shape index (κ1) is 11.6. The van der Waals surface area contributed by atoms with Crippen LogP contribution in [0.5, 0.6) is 0 Å². The lowest BCUT2D eigenvalue weighted by Crippen LogP contribution is -2.42. The quantitative estimate of drug-likeness (QED) is 0.850. The number of hydrogen-bond acceptors (Lipinski definition) is 2. The minimum atomic E-state index is -0.206. The predicted octanol–water partition coefficient (Wildman–Crippen LogP) is 2.35. The van der Waals surface area contributed by atoms with E-state index in [4.69, 9.17) is 10.5 Å². The van der Waals surface area contributed by atoms with E-state index in [1.165, 1.54) is 18.1 Å². The van der Waals surface area contributed by atoms with E-state index >= 15 is 0 Å². The number of benzene rings is 1. The molecule has 0 saturated heterocycles. The molecule has 1 aromatic rings. The summed E-state index contributed by atoms with van der Waals surface area (Å²) in [6, 6.07) is 4.95. The van der Waals surface area contributed by atoms with Crippen molar-refractivity contribution in [2.45, 2.75) is 31.3 Å². The summed E-state index contributed by atoms with van der Waals surface area (Å²) in [5.74, 6) is -0.206. The zero-order valence-corrected chi connectivity index (χ0v) is 9.63. The molecule has 88 valence electrons. The average molecular weight is 223 g/mol. The van der Waals surface area contributed by atoms with Crippen LogP contribution in [0.25, 0.3) is 0 Å². The monoisotopic (exact) mass is 223 g/mol. The molecule has 1 aliphatic rings. The molecule has 0 heterocycles. The molecule has 0 aromatic heterocycles. The first-order valence-corrected chi connectivity index (χ1v) is 5.70. The SMILES string of the molecule is COCc1cc(F)ccc1C1(CN)CCC1. The minimum absolute atomic E-state index is 0.0710. The van der Waals surface area contributed by atoms with Crippen molar-refractivity contribution in [3.05, 3.63) is 35.1 Å². The lowest BCUT2D eigenvalue weighted by atomic mass is 9.63. The van der Waals surface area contributed by atoms with Crippen LogP contribution in [0.2, 0.25) is 0 Å². The summed E-state index contributed by atoms with van der Waals surface area (Å²) < 4.78 is 18.3. The van der Waals surface area contributed by atoms with Gasteiger partial charge in [0, 0.05) is 19.1 Å². The zero-order valence-electron chi connectivity index (χ0n) is 9.63. The van der Waals surface area contributed by atoms with Gasteiger partial charge in [0.15, 0.2) is 0 Å². The Morgan fingerprint density at radius 1 is 1.44 bits per heavy atom. The van der Waals surface area contributed by atoms with E-state index in [1.807, 2.05) is 6.07 Å². The Kier molecular flexibility index (Phi) is 3.26. The van der Waals surface area contributed by atoms with Crippen molar-refractivity contribution < 1.29 is 9.13 Å². The summed E-state index contributed by atoms with van der Waals surface area (Å²) >= 11 is 0. The van der Waals surface area contributed by atoms with Gasteiger partial charge in [0.05, 0.1) is 6.61 Å². The Morgan fingerprint density at radius 3 is 2.69 bits per heavy atom. The summed E-state index contributed by atoms with van der Waals surface area (Å²) in [6.45, 7) is 1.09. The van der Waals surface area contributed by atoms with E-state index in [1.54, 1.807) is 13.2 Å². The maximum Gasteiger partial charge on any atom is 0.123 e. The van der Waals surface area contributed by atoms with Crippen LogP contribution in [0, 0.1) is 5.82 Å². The first-order valence-electron chi connectivity index (χ1n) is 5.70. The molecule has 1 aromatic carbocycles. The van der Waals surface area contributed by atoms with Gasteiger partial charge >= 0.3 is 0 Å². The van der Waals surface area contributed by atoms with Crippen LogP contribution >= 0.6 is 0 Å². The molecule has 0 unspecified atom stereocenters. The van der Waals surface area contributed by atoms with Gasteiger partial charge in [0.25, 0.3) is 0 Å². The van der Waals surface area contributed by atoms with E-state index < -0.39 is 0 Å². The lowest BCUT2D eigenvalue weighted by molar-refractivity contribution is 0.177. The molecular formula is C13H18FNO. The summed E-state index contributed by atoms with van der Waals surface area (Å²) in [6.07, 6.45) is 3.42. The zero-order chi connectivity index (χ0) is 11.6. The Morgan fingerprint density at radius 2 is 2.19 bits per heavy atom. The number of ether oxygens (including phenoxy) is 1. The highest BCUT2D eigenvalue weighted by atomic mass is 19.1. The predicted molar refractivity (Wildman–Crippen MR) is 61.7 cm³/mol. The van der Waals surface area contributed by atoms with Crippen molar-refractivity contribution in [2.75, 3.05) is 13.7 Å². The van der Waals surface area contributed by atoms with E-state index in [-0.39, 0.29) is 11.2 Å². The highest BCUT2D eigenvalue weighted by Gasteiger charge is 2.38. The Hall–Kier alpha value is -0.930. The topological polar surface area (TPSA) is 35.2 Å². The molecule has 1 fully saturated rings. The molecular weight excluding hydrogens is 205 g/mol. The largest absolute Gasteiger partial charge is 0.380 e. The van der Waals surface area contributed by atoms with Crippen LogP contribution in [0.3, 0.4) is 0 Å². The number of rotatable bonds is 4. The van der Waals surface area contributed by atoms with Crippen molar-refractivity contribution in [3.63, 3.8) is 0 Å². The molecule has 0 amide bonds. The number of nitrogens with two attached hydrogens (primary N) is 1. The molecule has 0 aliphatic heterocycles. The average Bonchev–Trinajstić information content (AvgIpc) is 2.20. The third-order valence-electron chi connectivity index (χ3n) is 3.64. The van der Waals surface area contributed by atoms with Crippen LogP contribution in [-0.2, 0) is 16.8 Å². The fourth-order valence-electron chi connectivity index (χ4n) is 2.54. The normalized spacial score (nSPS) is 18.2. The summed E-state index contributed by atoms with van der Waals surface area (Å²) in [5, 5.41) is 0. The maximum absolute atomic E-state index is 13.2. The van der Waals surface area contributed by atoms with Crippen LogP contribution in [0.4, 0.5) is 4.39 Å². The standard InChI is InChI=1S/C13H18FNO/c1-16-8-10-7-11(14)3-4-12(10)13(9-15)5-2-6-13/h3-4,7H,2,5-6,8-9,15H2,1H3. The molecule has 0 bridgehead atoms. The van der Waals surface area contributed by atoms with E-state index in [0.29, 0.717) is 13.2 Å². The third kappa shape index (κ3) is 1.85. The minimum Gasteiger partial charge on any atom is -0.380 e. The Bertz CT molecular complexity index is 369. The molecule has 2 nitrogen and oxygen atoms in total. The fraction of sp³-hybridized carbons (Fsp3) is 0.538. The van der Waals surface area contributed by atoms with Gasteiger partial charge in [-0.3, -0.25) is 0 Å². The Balaban J connectivity index is 2.38. The molecule has 16 heavy (non-hydrogen) atoms. The van der Waals surface area contributed by atoms with Gasteiger partial charge in [-0.15, -0.1) is 0 Å². The Labute approximate surface area is 95.6 Å². The van der Waals surface area contributed by atoms with Gasteiger partial charge in [0.1, 0.15) is 5.82 Å². The van der Waals surface area contributed by atoms with Crippen LogP contribution in [0.1, 0.15) is 30.4 Å². The number of methoxy groups -OCH3 is 1. The molecule has 2 N–H and O–H groups in total. The van der Waals surface area contributed by atoms with Gasteiger partial charge in [-0.05, 0) is 36.1 Å². The van der Waals surface area contributed by atoms with Crippen LogP contribution in [-0.4, -0.2) is 13.7 Å². The summed E-state index contributed by atoms with van der Waals surface area (Å²) in [7, 11) is 1.63. The van der Waals surface area contributed by atoms with E-state index in [2.05, 4.69) is 0 Å². The van der Waals surface area contributed by atoms with Crippen molar-refractivity contribution in [1.82, 2.24) is 0 Å². The van der Waals surface area contributed by atoms with Gasteiger partial charge in [-0.25, -0.2) is 4.39 Å². The molecule has 0 radical (unpaired) electrons. The first-order chi connectivity index (χ1) is 7.72. The smallest absolute Gasteiger partial charge is 0.123 e. The van der Waals surface area contributed by atoms with Crippen molar-refractivity contribution in [2.24, 2.45) is 5.73 Å². The van der Waals surface area contributed by atoms with E-state index in [0.717, 1.165) is 18.4 Å². The third-order valence-corrected chi connectivity index (χ3v) is 3.64. The fourth-order valence-corrected chi connectivity index (χ4v) is 2.54. The van der Waals surface area contributed by atoms with Crippen molar-refractivity contribution in [1.29, 1.82) is 0 Å².